The predicted molar refractivity (Wildman–Crippen MR) is 120 cm³/mol. The first-order chi connectivity index (χ1) is 14.8. The van der Waals surface area contributed by atoms with Gasteiger partial charge in [-0.15, -0.1) is 0 Å². The minimum absolute atomic E-state index is 0.119. The van der Waals surface area contributed by atoms with Crippen LogP contribution in [0.5, 0.6) is 17.2 Å². The first kappa shape index (κ1) is 24.5. The number of hydrogen-bond donors (Lipinski definition) is 3. The fourth-order valence-electron chi connectivity index (χ4n) is 2.84. The number of carboxylic acid groups (broad SMARTS) is 1. The molecule has 2 amide bonds. The van der Waals surface area contributed by atoms with Crippen LogP contribution in [0.2, 0.25) is 0 Å². The van der Waals surface area contributed by atoms with E-state index in [2.05, 4.69) is 5.32 Å². The van der Waals surface area contributed by atoms with Crippen molar-refractivity contribution in [3.8, 4) is 17.2 Å². The van der Waals surface area contributed by atoms with E-state index in [1.807, 2.05) is 0 Å². The SMILES string of the molecule is COc1cc(/C=C2\SC(=S)N(CCCCCC(=O)NCC(=O)O)C2=O)cc(OC)c1O. The number of phenolic OH excluding ortho intramolecular Hbond substituents is 1. The van der Waals surface area contributed by atoms with Crippen LogP contribution in [0.3, 0.4) is 0 Å². The van der Waals surface area contributed by atoms with E-state index in [4.69, 9.17) is 26.8 Å². The summed E-state index contributed by atoms with van der Waals surface area (Å²) >= 11 is 6.52. The van der Waals surface area contributed by atoms with Crippen LogP contribution >= 0.6 is 24.0 Å². The Bertz CT molecular complexity index is 877. The predicted octanol–water partition coefficient (Wildman–Crippen LogP) is 2.37. The fourth-order valence-corrected chi connectivity index (χ4v) is 4.14. The molecule has 31 heavy (non-hydrogen) atoms. The molecule has 0 unspecified atom stereocenters. The number of rotatable bonds is 11. The molecule has 1 heterocycles. The Labute approximate surface area is 189 Å². The van der Waals surface area contributed by atoms with E-state index in [0.717, 1.165) is 0 Å². The highest BCUT2D eigenvalue weighted by Gasteiger charge is 2.31. The second kappa shape index (κ2) is 11.6. The second-order valence-electron chi connectivity index (χ2n) is 6.59. The lowest BCUT2D eigenvalue weighted by Gasteiger charge is -2.14. The smallest absolute Gasteiger partial charge is 0.322 e. The molecular weight excluding hydrogens is 444 g/mol. The molecular formula is C20H24N2O7S2. The van der Waals surface area contributed by atoms with Crippen LogP contribution in [-0.4, -0.2) is 64.5 Å². The maximum absolute atomic E-state index is 12.7. The van der Waals surface area contributed by atoms with Gasteiger partial charge in [0.05, 0.1) is 19.1 Å². The zero-order valence-corrected chi connectivity index (χ0v) is 18.8. The number of aromatic hydroxyl groups is 1. The van der Waals surface area contributed by atoms with E-state index >= 15 is 0 Å². The minimum atomic E-state index is -1.08. The second-order valence-corrected chi connectivity index (χ2v) is 8.26. The Kier molecular flexibility index (Phi) is 9.13. The molecule has 0 atom stereocenters. The van der Waals surface area contributed by atoms with Crippen molar-refractivity contribution in [2.75, 3.05) is 27.3 Å². The molecule has 1 saturated heterocycles. The van der Waals surface area contributed by atoms with Gasteiger partial charge >= 0.3 is 5.97 Å². The fraction of sp³-hybridized carbons (Fsp3) is 0.400. The molecule has 1 aromatic carbocycles. The maximum atomic E-state index is 12.7. The summed E-state index contributed by atoms with van der Waals surface area (Å²) in [6.45, 7) is 0.0431. The number of unbranched alkanes of at least 4 members (excludes halogenated alkanes) is 2. The van der Waals surface area contributed by atoms with Gasteiger partial charge in [0, 0.05) is 13.0 Å². The number of amides is 2. The van der Waals surface area contributed by atoms with Gasteiger partial charge in [0.15, 0.2) is 11.5 Å². The van der Waals surface area contributed by atoms with E-state index in [-0.39, 0.29) is 42.0 Å². The molecule has 2 rings (SSSR count). The first-order valence-corrected chi connectivity index (χ1v) is 10.7. The summed E-state index contributed by atoms with van der Waals surface area (Å²) in [6.07, 6.45) is 3.84. The number of benzene rings is 1. The highest BCUT2D eigenvalue weighted by molar-refractivity contribution is 8.26. The molecule has 0 aliphatic carbocycles. The quantitative estimate of drug-likeness (QED) is 0.255. The Morgan fingerprint density at radius 2 is 1.84 bits per heavy atom. The molecule has 0 aromatic heterocycles. The van der Waals surface area contributed by atoms with Crippen LogP contribution in [0.1, 0.15) is 31.2 Å². The highest BCUT2D eigenvalue weighted by Crippen LogP contribution is 2.39. The van der Waals surface area contributed by atoms with Gasteiger partial charge < -0.3 is 25.0 Å². The number of carboxylic acids is 1. The third-order valence-corrected chi connectivity index (χ3v) is 5.77. The molecule has 1 aromatic rings. The van der Waals surface area contributed by atoms with Crippen LogP contribution in [0, 0.1) is 0 Å². The van der Waals surface area contributed by atoms with E-state index in [9.17, 15) is 19.5 Å². The number of thioether (sulfide) groups is 1. The van der Waals surface area contributed by atoms with Crippen molar-refractivity contribution in [3.63, 3.8) is 0 Å². The van der Waals surface area contributed by atoms with Crippen molar-refractivity contribution in [2.45, 2.75) is 25.7 Å². The normalized spacial score (nSPS) is 14.8. The van der Waals surface area contributed by atoms with Crippen LogP contribution in [0.25, 0.3) is 6.08 Å². The van der Waals surface area contributed by atoms with E-state index in [0.29, 0.717) is 40.6 Å². The summed E-state index contributed by atoms with van der Waals surface area (Å²) in [5.74, 6) is -1.26. The Morgan fingerprint density at radius 3 is 2.42 bits per heavy atom. The molecule has 9 nitrogen and oxygen atoms in total. The zero-order chi connectivity index (χ0) is 23.0. The highest BCUT2D eigenvalue weighted by atomic mass is 32.2. The number of hydrogen-bond acceptors (Lipinski definition) is 8. The van der Waals surface area contributed by atoms with Crippen molar-refractivity contribution in [1.29, 1.82) is 0 Å². The number of carbonyl (C=O) groups is 3. The number of thiocarbonyl (C=S) groups is 1. The third-order valence-electron chi connectivity index (χ3n) is 4.40. The molecule has 0 bridgehead atoms. The van der Waals surface area contributed by atoms with Gasteiger partial charge in [0.2, 0.25) is 11.7 Å². The van der Waals surface area contributed by atoms with Gasteiger partial charge in [-0.1, -0.05) is 30.4 Å². The average Bonchev–Trinajstić information content (AvgIpc) is 3.00. The summed E-state index contributed by atoms with van der Waals surface area (Å²) in [4.78, 5) is 36.6. The molecule has 0 saturated carbocycles. The van der Waals surface area contributed by atoms with Crippen LogP contribution < -0.4 is 14.8 Å². The molecule has 168 valence electrons. The summed E-state index contributed by atoms with van der Waals surface area (Å²) in [6, 6.07) is 3.19. The molecule has 1 fully saturated rings. The van der Waals surface area contributed by atoms with Gasteiger partial charge in [-0.2, -0.15) is 0 Å². The molecule has 0 radical (unpaired) electrons. The summed E-state index contributed by atoms with van der Waals surface area (Å²) < 4.78 is 10.7. The topological polar surface area (TPSA) is 125 Å². The van der Waals surface area contributed by atoms with Gasteiger partial charge in [-0.3, -0.25) is 19.3 Å². The van der Waals surface area contributed by atoms with Crippen molar-refractivity contribution < 1.29 is 34.1 Å². The molecule has 11 heteroatoms. The lowest BCUT2D eigenvalue weighted by Crippen LogP contribution is -2.29. The van der Waals surface area contributed by atoms with Crippen molar-refractivity contribution in [3.05, 3.63) is 22.6 Å². The van der Waals surface area contributed by atoms with Gasteiger partial charge in [-0.25, -0.2) is 0 Å². The van der Waals surface area contributed by atoms with Gasteiger partial charge in [0.1, 0.15) is 10.9 Å². The number of carbonyl (C=O) groups excluding carboxylic acids is 2. The Balaban J connectivity index is 1.91. The van der Waals surface area contributed by atoms with E-state index in [1.54, 1.807) is 18.2 Å². The van der Waals surface area contributed by atoms with Crippen LogP contribution in [0.15, 0.2) is 17.0 Å². The Morgan fingerprint density at radius 1 is 1.19 bits per heavy atom. The summed E-state index contributed by atoms with van der Waals surface area (Å²) in [5.41, 5.74) is 0.624. The monoisotopic (exact) mass is 468 g/mol. The third kappa shape index (κ3) is 6.86. The van der Waals surface area contributed by atoms with Crippen LogP contribution in [0.4, 0.5) is 0 Å². The number of nitrogens with zero attached hydrogens (tertiary/aromatic N) is 1. The van der Waals surface area contributed by atoms with Crippen LogP contribution in [-0.2, 0) is 14.4 Å². The van der Waals surface area contributed by atoms with Crippen molar-refractivity contribution in [2.24, 2.45) is 0 Å². The largest absolute Gasteiger partial charge is 0.502 e. The number of ether oxygens (including phenoxy) is 2. The number of aliphatic carboxylic acids is 1. The van der Waals surface area contributed by atoms with Crippen molar-refractivity contribution in [1.82, 2.24) is 10.2 Å². The van der Waals surface area contributed by atoms with Gasteiger partial charge in [0.25, 0.3) is 5.91 Å². The zero-order valence-electron chi connectivity index (χ0n) is 17.2. The Hall–Kier alpha value is -2.79. The lowest BCUT2D eigenvalue weighted by atomic mass is 10.1. The molecule has 1 aliphatic rings. The minimum Gasteiger partial charge on any atom is -0.502 e. The van der Waals surface area contributed by atoms with E-state index in [1.165, 1.54) is 30.9 Å². The maximum Gasteiger partial charge on any atom is 0.322 e. The average molecular weight is 469 g/mol. The first-order valence-electron chi connectivity index (χ1n) is 9.45. The van der Waals surface area contributed by atoms with E-state index < -0.39 is 5.97 Å². The number of nitrogens with one attached hydrogen (secondary N) is 1. The summed E-state index contributed by atoms with van der Waals surface area (Å²) in [7, 11) is 2.85. The van der Waals surface area contributed by atoms with Gasteiger partial charge in [-0.05, 0) is 36.6 Å². The molecule has 0 spiro atoms. The molecule has 1 aliphatic heterocycles. The van der Waals surface area contributed by atoms with Crippen molar-refractivity contribution >= 4 is 52.2 Å². The molecule has 3 N–H and O–H groups in total. The number of phenols is 1. The summed E-state index contributed by atoms with van der Waals surface area (Å²) in [5, 5.41) is 20.9. The lowest BCUT2D eigenvalue weighted by molar-refractivity contribution is -0.137. The standard InChI is InChI=1S/C20H24N2O7S2/c1-28-13-8-12(9-14(29-2)18(13)26)10-15-19(27)22(20(30)31-15)7-5-3-4-6-16(23)21-11-17(24)25/h8-10,26H,3-7,11H2,1-2H3,(H,21,23)(H,24,25)/b15-10-. The number of methoxy groups -OCH3 is 2.